The molecule has 0 atom stereocenters. The second-order valence-corrected chi connectivity index (χ2v) is 7.03. The molecule has 0 saturated heterocycles. The fourth-order valence-electron chi connectivity index (χ4n) is 3.44. The molecule has 0 aromatic rings. The van der Waals surface area contributed by atoms with Crippen molar-refractivity contribution in [1.82, 2.24) is 10.2 Å². The molecule has 0 amide bonds. The summed E-state index contributed by atoms with van der Waals surface area (Å²) >= 11 is 0. The smallest absolute Gasteiger partial charge is 0.0443 e. The molecule has 0 spiro atoms. The first-order valence-electron chi connectivity index (χ1n) is 8.66. The molecule has 0 heterocycles. The summed E-state index contributed by atoms with van der Waals surface area (Å²) in [6.45, 7) is 12.8. The minimum Gasteiger partial charge on any atom is -0.396 e. The Morgan fingerprint density at radius 3 is 2.45 bits per heavy atom. The normalized spacial score (nSPS) is 18.9. The van der Waals surface area contributed by atoms with Crippen LogP contribution in [0.1, 0.15) is 59.3 Å². The molecule has 0 bridgehead atoms. The molecule has 120 valence electrons. The van der Waals surface area contributed by atoms with E-state index in [-0.39, 0.29) is 0 Å². The maximum atomic E-state index is 9.04. The van der Waals surface area contributed by atoms with Gasteiger partial charge < -0.3 is 15.3 Å². The molecule has 1 saturated carbocycles. The van der Waals surface area contributed by atoms with Gasteiger partial charge in [0.05, 0.1) is 0 Å². The Kier molecular flexibility index (Phi) is 8.74. The Balaban J connectivity index is 2.52. The van der Waals surface area contributed by atoms with Crippen LogP contribution in [0.4, 0.5) is 0 Å². The highest BCUT2D eigenvalue weighted by molar-refractivity contribution is 4.88. The van der Waals surface area contributed by atoms with Crippen LogP contribution >= 0.6 is 0 Å². The van der Waals surface area contributed by atoms with Crippen LogP contribution in [0.15, 0.2) is 0 Å². The third-order valence-electron chi connectivity index (χ3n) is 4.61. The van der Waals surface area contributed by atoms with Crippen LogP contribution in [-0.4, -0.2) is 49.3 Å². The zero-order valence-electron chi connectivity index (χ0n) is 14.0. The van der Waals surface area contributed by atoms with Crippen molar-refractivity contribution in [2.75, 3.05) is 39.3 Å². The Labute approximate surface area is 126 Å². The predicted octanol–water partition coefficient (Wildman–Crippen LogP) is 2.89. The summed E-state index contributed by atoms with van der Waals surface area (Å²) in [5.41, 5.74) is 0.471. The van der Waals surface area contributed by atoms with Gasteiger partial charge in [0.15, 0.2) is 0 Å². The van der Waals surface area contributed by atoms with Crippen molar-refractivity contribution in [1.29, 1.82) is 0 Å². The maximum absolute atomic E-state index is 9.04. The van der Waals surface area contributed by atoms with Crippen molar-refractivity contribution in [3.63, 3.8) is 0 Å². The van der Waals surface area contributed by atoms with Gasteiger partial charge in [0.25, 0.3) is 0 Å². The van der Waals surface area contributed by atoms with Crippen molar-refractivity contribution in [2.24, 2.45) is 11.3 Å². The molecule has 1 rings (SSSR count). The zero-order valence-corrected chi connectivity index (χ0v) is 14.0. The third-order valence-corrected chi connectivity index (χ3v) is 4.61. The number of nitrogens with zero attached hydrogens (tertiary/aromatic N) is 1. The van der Waals surface area contributed by atoms with Crippen LogP contribution in [0.3, 0.4) is 0 Å². The van der Waals surface area contributed by atoms with E-state index in [1.807, 2.05) is 0 Å². The summed E-state index contributed by atoms with van der Waals surface area (Å²) in [4.78, 5) is 2.54. The summed E-state index contributed by atoms with van der Waals surface area (Å²) < 4.78 is 0. The topological polar surface area (TPSA) is 35.5 Å². The summed E-state index contributed by atoms with van der Waals surface area (Å²) in [5.74, 6) is 0.729. The molecule has 0 aliphatic heterocycles. The highest BCUT2D eigenvalue weighted by Gasteiger charge is 2.33. The van der Waals surface area contributed by atoms with Crippen LogP contribution in [0.2, 0.25) is 0 Å². The van der Waals surface area contributed by atoms with E-state index in [2.05, 4.69) is 31.0 Å². The SMILES string of the molecule is CCN(CCCO)CC1(CNCC(C)C)CCCCC1. The van der Waals surface area contributed by atoms with Crippen LogP contribution in [0.25, 0.3) is 0 Å². The van der Waals surface area contributed by atoms with Gasteiger partial charge in [0, 0.05) is 26.2 Å². The Bertz CT molecular complexity index is 237. The van der Waals surface area contributed by atoms with Crippen LogP contribution < -0.4 is 5.32 Å². The lowest BCUT2D eigenvalue weighted by atomic mass is 9.73. The minimum absolute atomic E-state index is 0.315. The van der Waals surface area contributed by atoms with Gasteiger partial charge in [-0.15, -0.1) is 0 Å². The number of hydrogen-bond acceptors (Lipinski definition) is 3. The number of aliphatic hydroxyl groups is 1. The third kappa shape index (κ3) is 6.55. The summed E-state index contributed by atoms with van der Waals surface area (Å²) in [5, 5.41) is 12.7. The highest BCUT2D eigenvalue weighted by atomic mass is 16.3. The van der Waals surface area contributed by atoms with Crippen LogP contribution in [0.5, 0.6) is 0 Å². The maximum Gasteiger partial charge on any atom is 0.0443 e. The van der Waals surface area contributed by atoms with E-state index in [9.17, 15) is 0 Å². The van der Waals surface area contributed by atoms with Crippen molar-refractivity contribution >= 4 is 0 Å². The zero-order chi connectivity index (χ0) is 14.8. The number of aliphatic hydroxyl groups excluding tert-OH is 1. The lowest BCUT2D eigenvalue weighted by molar-refractivity contribution is 0.0995. The molecule has 0 aromatic heterocycles. The molecule has 0 radical (unpaired) electrons. The second-order valence-electron chi connectivity index (χ2n) is 7.03. The summed E-state index contributed by atoms with van der Waals surface area (Å²) in [7, 11) is 0. The fourth-order valence-corrected chi connectivity index (χ4v) is 3.44. The van der Waals surface area contributed by atoms with E-state index < -0.39 is 0 Å². The Morgan fingerprint density at radius 2 is 1.90 bits per heavy atom. The Morgan fingerprint density at radius 1 is 1.20 bits per heavy atom. The van der Waals surface area contributed by atoms with E-state index in [0.29, 0.717) is 12.0 Å². The molecule has 1 fully saturated rings. The predicted molar refractivity (Wildman–Crippen MR) is 87.0 cm³/mol. The molecule has 1 aliphatic rings. The fraction of sp³-hybridized carbons (Fsp3) is 1.00. The van der Waals surface area contributed by atoms with Crippen LogP contribution in [0, 0.1) is 11.3 Å². The van der Waals surface area contributed by atoms with Gasteiger partial charge in [-0.3, -0.25) is 0 Å². The second kappa shape index (κ2) is 9.75. The molecule has 1 aliphatic carbocycles. The van der Waals surface area contributed by atoms with Gasteiger partial charge in [0.1, 0.15) is 0 Å². The van der Waals surface area contributed by atoms with E-state index >= 15 is 0 Å². The largest absolute Gasteiger partial charge is 0.396 e. The molecular formula is C17H36N2O. The standard InChI is InChI=1S/C17H36N2O/c1-4-19(11-8-12-20)15-17(9-6-5-7-10-17)14-18-13-16(2)3/h16,18,20H,4-15H2,1-3H3. The van der Waals surface area contributed by atoms with Crippen molar-refractivity contribution in [2.45, 2.75) is 59.3 Å². The van der Waals surface area contributed by atoms with Gasteiger partial charge in [0.2, 0.25) is 0 Å². The summed E-state index contributed by atoms with van der Waals surface area (Å²) in [6.07, 6.45) is 7.83. The number of hydrogen-bond donors (Lipinski definition) is 2. The average Bonchev–Trinajstić information content (AvgIpc) is 2.44. The van der Waals surface area contributed by atoms with Crippen LogP contribution in [-0.2, 0) is 0 Å². The van der Waals surface area contributed by atoms with Gasteiger partial charge in [-0.2, -0.15) is 0 Å². The Hall–Kier alpha value is -0.120. The molecule has 0 unspecified atom stereocenters. The molecule has 2 N–H and O–H groups in total. The minimum atomic E-state index is 0.315. The number of rotatable bonds is 10. The van der Waals surface area contributed by atoms with Crippen molar-refractivity contribution in [3.8, 4) is 0 Å². The van der Waals surface area contributed by atoms with Gasteiger partial charge in [-0.05, 0) is 43.7 Å². The lowest BCUT2D eigenvalue weighted by Gasteiger charge is -2.41. The summed E-state index contributed by atoms with van der Waals surface area (Å²) in [6, 6.07) is 0. The highest BCUT2D eigenvalue weighted by Crippen LogP contribution is 2.36. The van der Waals surface area contributed by atoms with E-state index in [0.717, 1.165) is 32.0 Å². The number of nitrogens with one attached hydrogen (secondary N) is 1. The van der Waals surface area contributed by atoms with Gasteiger partial charge in [-0.25, -0.2) is 0 Å². The van der Waals surface area contributed by atoms with E-state index in [4.69, 9.17) is 5.11 Å². The van der Waals surface area contributed by atoms with Crippen molar-refractivity contribution < 1.29 is 5.11 Å². The van der Waals surface area contributed by atoms with Gasteiger partial charge in [-0.1, -0.05) is 40.0 Å². The first kappa shape index (κ1) is 17.9. The van der Waals surface area contributed by atoms with E-state index in [1.165, 1.54) is 45.2 Å². The van der Waals surface area contributed by atoms with Crippen molar-refractivity contribution in [3.05, 3.63) is 0 Å². The molecule has 3 nitrogen and oxygen atoms in total. The lowest BCUT2D eigenvalue weighted by Crippen LogP contribution is -2.46. The first-order valence-corrected chi connectivity index (χ1v) is 8.66. The molecule has 20 heavy (non-hydrogen) atoms. The monoisotopic (exact) mass is 284 g/mol. The quantitative estimate of drug-likeness (QED) is 0.647. The molecule has 0 aromatic carbocycles. The van der Waals surface area contributed by atoms with E-state index in [1.54, 1.807) is 0 Å². The molecule has 3 heteroatoms. The molecular weight excluding hydrogens is 248 g/mol. The average molecular weight is 284 g/mol. The van der Waals surface area contributed by atoms with Gasteiger partial charge >= 0.3 is 0 Å². The first-order chi connectivity index (χ1) is 9.62.